The fourth-order valence-corrected chi connectivity index (χ4v) is 1.26. The van der Waals surface area contributed by atoms with Crippen LogP contribution in [-0.4, -0.2) is 25.2 Å². The fourth-order valence-electron chi connectivity index (χ4n) is 0.758. The largest absolute Gasteiger partial charge is 0.480 e. The van der Waals surface area contributed by atoms with Gasteiger partial charge in [-0.25, -0.2) is 4.98 Å². The van der Waals surface area contributed by atoms with Crippen LogP contribution in [-0.2, 0) is 0 Å². The van der Waals surface area contributed by atoms with E-state index >= 15 is 0 Å². The van der Waals surface area contributed by atoms with Crippen LogP contribution in [0.15, 0.2) is 12.4 Å². The first kappa shape index (κ1) is 10.7. The number of hydrogen-bond donors (Lipinski definition) is 0. The van der Waals surface area contributed by atoms with Crippen molar-refractivity contribution in [2.45, 2.75) is 19.6 Å². The van der Waals surface area contributed by atoms with Gasteiger partial charge in [0.1, 0.15) is 13.8 Å². The van der Waals surface area contributed by atoms with Crippen molar-refractivity contribution in [1.29, 1.82) is 0 Å². The van der Waals surface area contributed by atoms with Crippen molar-refractivity contribution >= 4 is 8.07 Å². The molecule has 0 spiro atoms. The van der Waals surface area contributed by atoms with Crippen molar-refractivity contribution in [3.8, 4) is 17.3 Å². The molecule has 0 saturated heterocycles. The third kappa shape index (κ3) is 3.58. The smallest absolute Gasteiger partial charge is 0.233 e. The topological polar surface area (TPSA) is 35.0 Å². The van der Waals surface area contributed by atoms with Crippen LogP contribution in [0.3, 0.4) is 0 Å². The molecule has 74 valence electrons. The average molecular weight is 206 g/mol. The molecule has 1 rings (SSSR count). The molecule has 0 aliphatic carbocycles. The second-order valence-electron chi connectivity index (χ2n) is 3.95. The Bertz CT molecular complexity index is 374. The molecule has 0 N–H and O–H groups in total. The Balaban J connectivity index is 2.90. The molecule has 1 aromatic heterocycles. The van der Waals surface area contributed by atoms with Crippen LogP contribution in [0.1, 0.15) is 5.69 Å². The summed E-state index contributed by atoms with van der Waals surface area (Å²) >= 11 is 0. The van der Waals surface area contributed by atoms with Crippen LogP contribution >= 0.6 is 0 Å². The van der Waals surface area contributed by atoms with E-state index in [9.17, 15) is 0 Å². The maximum absolute atomic E-state index is 4.96. The van der Waals surface area contributed by atoms with Crippen LogP contribution in [0, 0.1) is 11.5 Å². The summed E-state index contributed by atoms with van der Waals surface area (Å²) in [6.07, 6.45) is 3.22. The highest BCUT2D eigenvalue weighted by atomic mass is 28.3. The molecule has 0 aliphatic heterocycles. The van der Waals surface area contributed by atoms with Crippen molar-refractivity contribution in [3.05, 3.63) is 18.1 Å². The van der Waals surface area contributed by atoms with Crippen molar-refractivity contribution in [1.82, 2.24) is 9.97 Å². The van der Waals surface area contributed by atoms with Crippen LogP contribution in [0.5, 0.6) is 5.88 Å². The number of aromatic nitrogens is 2. The molecule has 0 atom stereocenters. The molecule has 0 saturated carbocycles. The quantitative estimate of drug-likeness (QED) is 0.518. The minimum absolute atomic E-state index is 0.507. The molecular weight excluding hydrogens is 192 g/mol. The minimum atomic E-state index is -1.34. The highest BCUT2D eigenvalue weighted by molar-refractivity contribution is 6.83. The van der Waals surface area contributed by atoms with Gasteiger partial charge in [0.2, 0.25) is 5.88 Å². The Kier molecular flexibility index (Phi) is 3.26. The zero-order valence-electron chi connectivity index (χ0n) is 8.96. The van der Waals surface area contributed by atoms with Crippen LogP contribution < -0.4 is 4.74 Å². The predicted octanol–water partition coefficient (Wildman–Crippen LogP) is 1.71. The summed E-state index contributed by atoms with van der Waals surface area (Å²) in [5.74, 6) is 3.52. The van der Waals surface area contributed by atoms with Gasteiger partial charge in [-0.3, -0.25) is 4.98 Å². The van der Waals surface area contributed by atoms with E-state index in [1.165, 1.54) is 0 Å². The summed E-state index contributed by atoms with van der Waals surface area (Å²) in [4.78, 5) is 8.14. The maximum atomic E-state index is 4.96. The number of rotatable bonds is 1. The van der Waals surface area contributed by atoms with E-state index in [2.05, 4.69) is 41.1 Å². The third-order valence-corrected chi connectivity index (χ3v) is 2.26. The van der Waals surface area contributed by atoms with Crippen molar-refractivity contribution in [3.63, 3.8) is 0 Å². The number of methoxy groups -OCH3 is 1. The van der Waals surface area contributed by atoms with Gasteiger partial charge in [-0.1, -0.05) is 25.6 Å². The third-order valence-electron chi connectivity index (χ3n) is 1.39. The van der Waals surface area contributed by atoms with Gasteiger partial charge in [-0.15, -0.1) is 5.54 Å². The van der Waals surface area contributed by atoms with Crippen molar-refractivity contribution < 1.29 is 4.74 Å². The molecule has 0 radical (unpaired) electrons. The molecule has 1 aromatic rings. The summed E-state index contributed by atoms with van der Waals surface area (Å²) in [5, 5.41) is 0. The SMILES string of the molecule is COc1cncc(C#C[Si](C)(C)C)n1. The van der Waals surface area contributed by atoms with E-state index in [0.29, 0.717) is 11.6 Å². The van der Waals surface area contributed by atoms with Crippen LogP contribution in [0.25, 0.3) is 0 Å². The van der Waals surface area contributed by atoms with Gasteiger partial charge in [0.05, 0.1) is 19.5 Å². The minimum Gasteiger partial charge on any atom is -0.480 e. The Labute approximate surface area is 85.6 Å². The average Bonchev–Trinajstić information content (AvgIpc) is 2.14. The molecule has 14 heavy (non-hydrogen) atoms. The first-order valence-electron chi connectivity index (χ1n) is 4.40. The van der Waals surface area contributed by atoms with E-state index in [-0.39, 0.29) is 0 Å². The van der Waals surface area contributed by atoms with Crippen LogP contribution in [0.4, 0.5) is 0 Å². The summed E-state index contributed by atoms with van der Waals surface area (Å²) in [6.45, 7) is 6.56. The van der Waals surface area contributed by atoms with Gasteiger partial charge < -0.3 is 4.74 Å². The maximum Gasteiger partial charge on any atom is 0.233 e. The van der Waals surface area contributed by atoms with E-state index in [1.807, 2.05) is 0 Å². The number of ether oxygens (including phenoxy) is 1. The lowest BCUT2D eigenvalue weighted by atomic mass is 10.5. The molecule has 0 bridgehead atoms. The summed E-state index contributed by atoms with van der Waals surface area (Å²) in [5.41, 5.74) is 3.89. The molecule has 0 amide bonds. The van der Waals surface area contributed by atoms with Crippen LogP contribution in [0.2, 0.25) is 19.6 Å². The molecule has 0 unspecified atom stereocenters. The Morgan fingerprint density at radius 1 is 1.29 bits per heavy atom. The standard InChI is InChI=1S/C10H14N2OSi/c1-13-10-8-11-7-9(12-10)5-6-14(2,3)4/h7-8H,1-4H3. The summed E-state index contributed by atoms with van der Waals surface area (Å²) in [7, 11) is 0.232. The van der Waals surface area contributed by atoms with E-state index in [4.69, 9.17) is 4.74 Å². The second-order valence-corrected chi connectivity index (χ2v) is 8.70. The Hall–Kier alpha value is -1.34. The second kappa shape index (κ2) is 4.25. The predicted molar refractivity (Wildman–Crippen MR) is 58.8 cm³/mol. The van der Waals surface area contributed by atoms with Crippen molar-refractivity contribution in [2.75, 3.05) is 7.11 Å². The molecule has 1 heterocycles. The van der Waals surface area contributed by atoms with E-state index in [0.717, 1.165) is 0 Å². The van der Waals surface area contributed by atoms with Gasteiger partial charge in [0.15, 0.2) is 0 Å². The molecule has 4 heteroatoms. The van der Waals surface area contributed by atoms with Gasteiger partial charge >= 0.3 is 0 Å². The lowest BCUT2D eigenvalue weighted by Gasteiger charge is -2.03. The normalized spacial score (nSPS) is 10.3. The Morgan fingerprint density at radius 2 is 2.00 bits per heavy atom. The molecule has 0 fully saturated rings. The molecular formula is C10H14N2OSi. The molecule has 3 nitrogen and oxygen atoms in total. The van der Waals surface area contributed by atoms with E-state index < -0.39 is 8.07 Å². The lowest BCUT2D eigenvalue weighted by Crippen LogP contribution is -2.16. The molecule has 0 aromatic carbocycles. The van der Waals surface area contributed by atoms with Gasteiger partial charge in [0, 0.05) is 0 Å². The highest BCUT2D eigenvalue weighted by Crippen LogP contribution is 2.03. The number of nitrogens with zero attached hydrogens (tertiary/aromatic N) is 2. The highest BCUT2D eigenvalue weighted by Gasteiger charge is 2.07. The van der Waals surface area contributed by atoms with Crippen molar-refractivity contribution in [2.24, 2.45) is 0 Å². The fraction of sp³-hybridized carbons (Fsp3) is 0.400. The summed E-state index contributed by atoms with van der Waals surface area (Å²) < 4.78 is 4.96. The van der Waals surface area contributed by atoms with E-state index in [1.54, 1.807) is 19.5 Å². The zero-order valence-corrected chi connectivity index (χ0v) is 9.96. The van der Waals surface area contributed by atoms with Gasteiger partial charge in [-0.2, -0.15) is 0 Å². The monoisotopic (exact) mass is 206 g/mol. The Morgan fingerprint density at radius 3 is 2.57 bits per heavy atom. The van der Waals surface area contributed by atoms with Gasteiger partial charge in [-0.05, 0) is 0 Å². The first-order valence-corrected chi connectivity index (χ1v) is 7.90. The summed E-state index contributed by atoms with van der Waals surface area (Å²) in [6, 6.07) is 0. The first-order chi connectivity index (χ1) is 6.51. The van der Waals surface area contributed by atoms with Gasteiger partial charge in [0.25, 0.3) is 0 Å². The lowest BCUT2D eigenvalue weighted by molar-refractivity contribution is 0.395. The molecule has 0 aliphatic rings. The zero-order chi connectivity index (χ0) is 10.6. The number of hydrogen-bond acceptors (Lipinski definition) is 3.